The van der Waals surface area contributed by atoms with Crippen molar-refractivity contribution in [3.05, 3.63) is 0 Å². The SMILES string of the molecule is CC1CCC(OC2(CBr)CCCN(C(=O)OC(C)(C)C)C2)C1. The molecule has 0 radical (unpaired) electrons. The van der Waals surface area contributed by atoms with Gasteiger partial charge in [-0.05, 0) is 58.8 Å². The zero-order chi connectivity index (χ0) is 16.4. The molecule has 22 heavy (non-hydrogen) atoms. The number of piperidine rings is 1. The van der Waals surface area contributed by atoms with Crippen LogP contribution in [0, 0.1) is 5.92 Å². The summed E-state index contributed by atoms with van der Waals surface area (Å²) < 4.78 is 12.0. The molecule has 0 spiro atoms. The summed E-state index contributed by atoms with van der Waals surface area (Å²) in [5, 5.41) is 0.768. The highest BCUT2D eigenvalue weighted by molar-refractivity contribution is 9.09. The van der Waals surface area contributed by atoms with Crippen molar-refractivity contribution in [2.75, 3.05) is 18.4 Å². The van der Waals surface area contributed by atoms with Crippen molar-refractivity contribution in [2.24, 2.45) is 5.92 Å². The average Bonchev–Trinajstić information content (AvgIpc) is 2.82. The third-order valence-corrected chi connectivity index (χ3v) is 5.52. The van der Waals surface area contributed by atoms with Crippen LogP contribution < -0.4 is 0 Å². The molecule has 128 valence electrons. The minimum Gasteiger partial charge on any atom is -0.444 e. The predicted molar refractivity (Wildman–Crippen MR) is 91.5 cm³/mol. The van der Waals surface area contributed by atoms with Gasteiger partial charge < -0.3 is 14.4 Å². The number of alkyl halides is 1. The Morgan fingerprint density at radius 3 is 2.64 bits per heavy atom. The van der Waals surface area contributed by atoms with Crippen LogP contribution >= 0.6 is 15.9 Å². The van der Waals surface area contributed by atoms with Crippen molar-refractivity contribution < 1.29 is 14.3 Å². The zero-order valence-corrected chi connectivity index (χ0v) is 15.9. The number of amides is 1. The molecule has 1 saturated heterocycles. The van der Waals surface area contributed by atoms with E-state index in [1.165, 1.54) is 6.42 Å². The van der Waals surface area contributed by atoms with Crippen LogP contribution in [0.3, 0.4) is 0 Å². The summed E-state index contributed by atoms with van der Waals surface area (Å²) in [4.78, 5) is 14.2. The van der Waals surface area contributed by atoms with Crippen molar-refractivity contribution in [2.45, 2.75) is 77.1 Å². The maximum Gasteiger partial charge on any atom is 0.410 e. The molecule has 1 saturated carbocycles. The van der Waals surface area contributed by atoms with Gasteiger partial charge in [-0.1, -0.05) is 22.9 Å². The zero-order valence-electron chi connectivity index (χ0n) is 14.4. The second kappa shape index (κ2) is 7.08. The van der Waals surface area contributed by atoms with E-state index in [1.54, 1.807) is 0 Å². The number of halogens is 1. The molecule has 2 aliphatic rings. The Morgan fingerprint density at radius 2 is 2.09 bits per heavy atom. The third kappa shape index (κ3) is 4.85. The maximum atomic E-state index is 12.3. The maximum absolute atomic E-state index is 12.3. The van der Waals surface area contributed by atoms with E-state index in [-0.39, 0.29) is 11.7 Å². The quantitative estimate of drug-likeness (QED) is 0.687. The highest BCUT2D eigenvalue weighted by Gasteiger charge is 2.41. The summed E-state index contributed by atoms with van der Waals surface area (Å²) in [6, 6.07) is 0. The van der Waals surface area contributed by atoms with Gasteiger partial charge in [0.05, 0.1) is 18.2 Å². The molecule has 0 N–H and O–H groups in total. The van der Waals surface area contributed by atoms with E-state index in [9.17, 15) is 4.79 Å². The molecular weight excluding hydrogens is 346 g/mol. The lowest BCUT2D eigenvalue weighted by molar-refractivity contribution is -0.111. The molecule has 0 bridgehead atoms. The summed E-state index contributed by atoms with van der Waals surface area (Å²) in [6.07, 6.45) is 5.62. The lowest BCUT2D eigenvalue weighted by atomic mass is 9.94. The van der Waals surface area contributed by atoms with Gasteiger partial charge in [0.2, 0.25) is 0 Å². The lowest BCUT2D eigenvalue weighted by Gasteiger charge is -2.43. The van der Waals surface area contributed by atoms with Crippen LogP contribution in [-0.4, -0.2) is 46.7 Å². The first-order valence-electron chi connectivity index (χ1n) is 8.45. The number of carbonyl (C=O) groups excluding carboxylic acids is 1. The van der Waals surface area contributed by atoms with Gasteiger partial charge in [-0.25, -0.2) is 4.79 Å². The van der Waals surface area contributed by atoms with Gasteiger partial charge in [0.25, 0.3) is 0 Å². The highest BCUT2D eigenvalue weighted by atomic mass is 79.9. The number of likely N-dealkylation sites (tertiary alicyclic amines) is 1. The molecule has 0 aromatic rings. The van der Waals surface area contributed by atoms with Gasteiger partial charge in [-0.15, -0.1) is 0 Å². The molecule has 5 heteroatoms. The number of hydrogen-bond acceptors (Lipinski definition) is 3. The first-order chi connectivity index (χ1) is 10.2. The second-order valence-corrected chi connectivity index (χ2v) is 8.54. The Kier molecular flexibility index (Phi) is 5.81. The number of rotatable bonds is 3. The monoisotopic (exact) mass is 375 g/mol. The van der Waals surface area contributed by atoms with Crippen molar-refractivity contribution >= 4 is 22.0 Å². The van der Waals surface area contributed by atoms with Gasteiger partial charge in [0.15, 0.2) is 0 Å². The van der Waals surface area contributed by atoms with Crippen molar-refractivity contribution in [3.63, 3.8) is 0 Å². The molecule has 2 rings (SSSR count). The molecule has 3 atom stereocenters. The van der Waals surface area contributed by atoms with E-state index in [1.807, 2.05) is 25.7 Å². The average molecular weight is 376 g/mol. The van der Waals surface area contributed by atoms with Gasteiger partial charge in [-0.3, -0.25) is 0 Å². The molecule has 1 aliphatic carbocycles. The van der Waals surface area contributed by atoms with E-state index >= 15 is 0 Å². The van der Waals surface area contributed by atoms with Crippen LogP contribution in [-0.2, 0) is 9.47 Å². The van der Waals surface area contributed by atoms with Crippen LogP contribution in [0.4, 0.5) is 4.79 Å². The topological polar surface area (TPSA) is 38.8 Å². The number of ether oxygens (including phenoxy) is 2. The Hall–Kier alpha value is -0.290. The molecule has 4 nitrogen and oxygen atoms in total. The van der Waals surface area contributed by atoms with E-state index in [0.29, 0.717) is 12.6 Å². The summed E-state index contributed by atoms with van der Waals surface area (Å²) in [7, 11) is 0. The van der Waals surface area contributed by atoms with E-state index < -0.39 is 5.60 Å². The number of nitrogens with zero attached hydrogens (tertiary/aromatic N) is 1. The van der Waals surface area contributed by atoms with Crippen molar-refractivity contribution in [3.8, 4) is 0 Å². The highest BCUT2D eigenvalue weighted by Crippen LogP contribution is 2.35. The Morgan fingerprint density at radius 1 is 1.36 bits per heavy atom. The van der Waals surface area contributed by atoms with Crippen LogP contribution in [0.25, 0.3) is 0 Å². The fourth-order valence-electron chi connectivity index (χ4n) is 3.43. The fraction of sp³-hybridized carbons (Fsp3) is 0.941. The molecule has 2 fully saturated rings. The first kappa shape index (κ1) is 18.1. The van der Waals surface area contributed by atoms with Gasteiger partial charge in [0.1, 0.15) is 5.60 Å². The van der Waals surface area contributed by atoms with Crippen molar-refractivity contribution in [1.29, 1.82) is 0 Å². The Balaban J connectivity index is 1.98. The number of carbonyl (C=O) groups is 1. The Labute approximate surface area is 143 Å². The van der Waals surface area contributed by atoms with Crippen LogP contribution in [0.2, 0.25) is 0 Å². The van der Waals surface area contributed by atoms with E-state index in [4.69, 9.17) is 9.47 Å². The predicted octanol–water partition coefficient (Wildman–Crippen LogP) is 4.36. The van der Waals surface area contributed by atoms with E-state index in [2.05, 4.69) is 22.9 Å². The summed E-state index contributed by atoms with van der Waals surface area (Å²) in [5.74, 6) is 0.753. The van der Waals surface area contributed by atoms with Gasteiger partial charge in [0, 0.05) is 11.9 Å². The third-order valence-electron chi connectivity index (χ3n) is 4.50. The Bertz CT molecular complexity index is 396. The normalized spacial score (nSPS) is 33.0. The fourth-order valence-corrected chi connectivity index (χ4v) is 4.02. The van der Waals surface area contributed by atoms with Gasteiger partial charge >= 0.3 is 6.09 Å². The molecule has 1 aliphatic heterocycles. The molecule has 1 amide bonds. The lowest BCUT2D eigenvalue weighted by Crippen LogP contribution is -2.54. The molecular formula is C17H30BrNO3. The van der Waals surface area contributed by atoms with Crippen LogP contribution in [0.5, 0.6) is 0 Å². The number of hydrogen-bond donors (Lipinski definition) is 0. The minimum absolute atomic E-state index is 0.221. The van der Waals surface area contributed by atoms with Gasteiger partial charge in [-0.2, -0.15) is 0 Å². The van der Waals surface area contributed by atoms with Crippen LogP contribution in [0.15, 0.2) is 0 Å². The van der Waals surface area contributed by atoms with Crippen LogP contribution in [0.1, 0.15) is 59.8 Å². The van der Waals surface area contributed by atoms with Crippen molar-refractivity contribution in [1.82, 2.24) is 4.90 Å². The summed E-state index contributed by atoms with van der Waals surface area (Å²) in [6.45, 7) is 9.39. The first-order valence-corrected chi connectivity index (χ1v) is 9.57. The second-order valence-electron chi connectivity index (χ2n) is 7.98. The van der Waals surface area contributed by atoms with E-state index in [0.717, 1.165) is 43.5 Å². The molecule has 3 unspecified atom stereocenters. The minimum atomic E-state index is -0.451. The molecule has 0 aromatic heterocycles. The molecule has 1 heterocycles. The smallest absolute Gasteiger partial charge is 0.410 e. The standard InChI is InChI=1S/C17H30BrNO3/c1-13-6-7-14(10-13)21-17(11-18)8-5-9-19(12-17)15(20)22-16(2,3)4/h13-14H,5-12H2,1-4H3. The largest absolute Gasteiger partial charge is 0.444 e. The summed E-state index contributed by atoms with van der Waals surface area (Å²) >= 11 is 3.62. The molecule has 0 aromatic carbocycles. The summed E-state index contributed by atoms with van der Waals surface area (Å²) in [5.41, 5.74) is -0.711.